The number of rotatable bonds is 4. The van der Waals surface area contributed by atoms with E-state index < -0.39 is 22.8 Å². The summed E-state index contributed by atoms with van der Waals surface area (Å²) in [5, 5.41) is 0. The van der Waals surface area contributed by atoms with Crippen LogP contribution in [0.1, 0.15) is 0 Å². The van der Waals surface area contributed by atoms with Crippen molar-refractivity contribution in [3.8, 4) is 0 Å². The van der Waals surface area contributed by atoms with Crippen LogP contribution in [-0.2, 0) is 0 Å². The molecule has 0 unspecified atom stereocenters. The lowest BCUT2D eigenvalue weighted by atomic mass is 11.7. The Morgan fingerprint density at radius 1 is 0.692 bits per heavy atom. The number of halogens is 2. The second-order valence-corrected chi connectivity index (χ2v) is 26.0. The third kappa shape index (κ3) is 9.53. The van der Waals surface area contributed by atoms with E-state index in [1.807, 2.05) is 0 Å². The smallest absolute Gasteiger partial charge is 0.146 e. The molecule has 0 aromatic heterocycles. The van der Waals surface area contributed by atoms with Gasteiger partial charge in [0.15, 0.2) is 0 Å². The highest BCUT2D eigenvalue weighted by atomic mass is 35.7. The molecular formula is C8H22Cl2Si3. The minimum Gasteiger partial charge on any atom is -0.146 e. The maximum Gasteiger partial charge on any atom is 0.246 e. The maximum absolute atomic E-state index is 6.48. The zero-order valence-corrected chi connectivity index (χ0v) is 14.2. The fourth-order valence-corrected chi connectivity index (χ4v) is 30.1. The highest BCUT2D eigenvalue weighted by Gasteiger charge is 2.38. The average molecular weight is 273 g/mol. The van der Waals surface area contributed by atoms with Crippen molar-refractivity contribution in [2.75, 3.05) is 0 Å². The molecule has 0 bridgehead atoms. The van der Waals surface area contributed by atoms with Crippen molar-refractivity contribution in [3.05, 3.63) is 0 Å². The summed E-state index contributed by atoms with van der Waals surface area (Å²) in [5.41, 5.74) is 2.29. The number of hydrogen-bond acceptors (Lipinski definition) is 0. The molecule has 0 aliphatic heterocycles. The van der Waals surface area contributed by atoms with Crippen molar-refractivity contribution in [1.29, 1.82) is 0 Å². The van der Waals surface area contributed by atoms with Gasteiger partial charge < -0.3 is 0 Å². The summed E-state index contributed by atoms with van der Waals surface area (Å²) in [6, 6.07) is 0. The lowest BCUT2D eigenvalue weighted by molar-refractivity contribution is 1.54. The lowest BCUT2D eigenvalue weighted by Crippen LogP contribution is -2.40. The molecule has 80 valence electrons. The van der Waals surface area contributed by atoms with Gasteiger partial charge in [0, 0.05) is 16.1 Å². The van der Waals surface area contributed by atoms with E-state index in [9.17, 15) is 0 Å². The van der Waals surface area contributed by atoms with E-state index in [2.05, 4.69) is 39.3 Å². The molecule has 0 rings (SSSR count). The van der Waals surface area contributed by atoms with Gasteiger partial charge in [0.05, 0.1) is 0 Å². The van der Waals surface area contributed by atoms with Crippen LogP contribution < -0.4 is 0 Å². The monoisotopic (exact) mass is 272 g/mol. The fraction of sp³-hybridized carbons (Fsp3) is 1.00. The van der Waals surface area contributed by atoms with E-state index in [1.54, 1.807) is 0 Å². The Kier molecular flexibility index (Phi) is 4.81. The topological polar surface area (TPSA) is 0 Å². The van der Waals surface area contributed by atoms with Crippen LogP contribution in [0.15, 0.2) is 0 Å². The van der Waals surface area contributed by atoms with Crippen LogP contribution in [0.5, 0.6) is 0 Å². The van der Waals surface area contributed by atoms with E-state index in [4.69, 9.17) is 22.2 Å². The van der Waals surface area contributed by atoms with E-state index >= 15 is 0 Å². The molecule has 5 heteroatoms. The van der Waals surface area contributed by atoms with E-state index in [0.717, 1.165) is 11.3 Å². The molecule has 0 saturated carbocycles. The van der Waals surface area contributed by atoms with Gasteiger partial charge in [0.1, 0.15) is 0 Å². The molecule has 0 N–H and O–H groups in total. The summed E-state index contributed by atoms with van der Waals surface area (Å²) in [7, 11) is -2.14. The maximum atomic E-state index is 6.48. The molecule has 0 spiro atoms. The fourth-order valence-electron chi connectivity index (χ4n) is 1.61. The van der Waals surface area contributed by atoms with Crippen LogP contribution in [0.25, 0.3) is 0 Å². The largest absolute Gasteiger partial charge is 0.246 e. The van der Waals surface area contributed by atoms with Crippen LogP contribution >= 0.6 is 22.2 Å². The van der Waals surface area contributed by atoms with E-state index in [-0.39, 0.29) is 0 Å². The summed E-state index contributed by atoms with van der Waals surface area (Å²) >= 11 is 13.0. The third-order valence-corrected chi connectivity index (χ3v) is 19.0. The van der Waals surface area contributed by atoms with Crippen molar-refractivity contribution in [2.45, 2.75) is 50.6 Å². The first-order valence-corrected chi connectivity index (χ1v) is 16.6. The van der Waals surface area contributed by atoms with Gasteiger partial charge in [-0.25, -0.2) is 0 Å². The van der Waals surface area contributed by atoms with Gasteiger partial charge in [-0.3, -0.25) is 0 Å². The van der Waals surface area contributed by atoms with Gasteiger partial charge >= 0.3 is 0 Å². The van der Waals surface area contributed by atoms with Crippen LogP contribution in [-0.4, -0.2) is 22.8 Å². The SMILES string of the molecule is C[Si](C)(C)C[Si](Cl)(Cl)C[Si](C)(C)C. The van der Waals surface area contributed by atoms with Gasteiger partial charge in [-0.05, 0) is 11.3 Å². The molecule has 13 heavy (non-hydrogen) atoms. The normalized spacial score (nSPS) is 14.8. The minimum absolute atomic E-state index is 1.07. The zero-order valence-electron chi connectivity index (χ0n) is 9.67. The predicted octanol–water partition coefficient (Wildman–Crippen LogP) is 4.66. The molecule has 0 aromatic rings. The van der Waals surface area contributed by atoms with Crippen molar-refractivity contribution >= 4 is 45.0 Å². The Balaban J connectivity index is 4.25. The van der Waals surface area contributed by atoms with Gasteiger partial charge in [-0.2, -0.15) is 0 Å². The van der Waals surface area contributed by atoms with Crippen molar-refractivity contribution in [2.24, 2.45) is 0 Å². The minimum atomic E-state index is -1.91. The van der Waals surface area contributed by atoms with Crippen molar-refractivity contribution in [1.82, 2.24) is 0 Å². The second-order valence-electron chi connectivity index (χ2n) is 6.33. The standard InChI is InChI=1S/C8H22Cl2Si3/c1-11(2,3)7-13(9,10)8-12(4,5)6/h7-8H2,1-6H3. The first-order chi connectivity index (χ1) is 5.41. The molecule has 0 fully saturated rings. The van der Waals surface area contributed by atoms with Crippen molar-refractivity contribution < 1.29 is 0 Å². The number of hydrogen-bond donors (Lipinski definition) is 0. The van der Waals surface area contributed by atoms with Gasteiger partial charge in [-0.15, -0.1) is 22.2 Å². The van der Waals surface area contributed by atoms with Crippen molar-refractivity contribution in [3.63, 3.8) is 0 Å². The quantitative estimate of drug-likeness (QED) is 0.516. The zero-order chi connectivity index (χ0) is 10.9. The van der Waals surface area contributed by atoms with E-state index in [0.29, 0.717) is 0 Å². The molecule has 0 radical (unpaired) electrons. The van der Waals surface area contributed by atoms with Gasteiger partial charge in [0.25, 0.3) is 0 Å². The van der Waals surface area contributed by atoms with Crippen LogP contribution in [0.3, 0.4) is 0 Å². The first-order valence-electron chi connectivity index (χ1n) is 4.79. The van der Waals surface area contributed by atoms with E-state index in [1.165, 1.54) is 0 Å². The molecule has 0 saturated heterocycles. The van der Waals surface area contributed by atoms with Crippen LogP contribution in [0, 0.1) is 0 Å². The molecule has 0 atom stereocenters. The molecule has 0 aromatic carbocycles. The highest BCUT2D eigenvalue weighted by Crippen LogP contribution is 2.34. The molecule has 0 heterocycles. The van der Waals surface area contributed by atoms with Gasteiger partial charge in [0.2, 0.25) is 6.69 Å². The molecule has 0 nitrogen and oxygen atoms in total. The second kappa shape index (κ2) is 4.39. The summed E-state index contributed by atoms with van der Waals surface area (Å²) < 4.78 is 0. The predicted molar refractivity (Wildman–Crippen MR) is 73.8 cm³/mol. The summed E-state index contributed by atoms with van der Waals surface area (Å²) in [4.78, 5) is 0. The molecule has 0 aliphatic rings. The van der Waals surface area contributed by atoms with Gasteiger partial charge in [-0.1, -0.05) is 39.3 Å². The Morgan fingerprint density at radius 2 is 0.923 bits per heavy atom. The Labute approximate surface area is 95.5 Å². The lowest BCUT2D eigenvalue weighted by Gasteiger charge is -2.29. The Hall–Kier alpha value is 1.23. The third-order valence-electron chi connectivity index (χ3n) is 1.58. The molecule has 0 amide bonds. The Bertz CT molecular complexity index is 149. The summed E-state index contributed by atoms with van der Waals surface area (Å²) in [5.74, 6) is 0. The molecule has 0 aliphatic carbocycles. The average Bonchev–Trinajstić information content (AvgIpc) is 1.43. The molecular weight excluding hydrogens is 251 g/mol. The summed E-state index contributed by atoms with van der Waals surface area (Å²) in [6.45, 7) is 12.2. The highest BCUT2D eigenvalue weighted by molar-refractivity contribution is 7.49. The first kappa shape index (κ1) is 14.2. The van der Waals surface area contributed by atoms with Crippen LogP contribution in [0.2, 0.25) is 50.6 Å². The Morgan fingerprint density at radius 3 is 1.08 bits per heavy atom. The summed E-state index contributed by atoms with van der Waals surface area (Å²) in [6.07, 6.45) is 0. The van der Waals surface area contributed by atoms with Crippen LogP contribution in [0.4, 0.5) is 0 Å².